The summed E-state index contributed by atoms with van der Waals surface area (Å²) in [7, 11) is -4.06. The first kappa shape index (κ1) is 25.0. The number of aromatic amines is 1. The summed E-state index contributed by atoms with van der Waals surface area (Å²) in [6.45, 7) is -0.403. The number of anilines is 1. The Hall–Kier alpha value is -3.63. The zero-order valence-corrected chi connectivity index (χ0v) is 21.5. The highest BCUT2D eigenvalue weighted by molar-refractivity contribution is 7.92. The van der Waals surface area contributed by atoms with Crippen LogP contribution >= 0.6 is 11.6 Å². The Bertz CT molecular complexity index is 1580. The Morgan fingerprint density at radius 3 is 2.59 bits per heavy atom. The summed E-state index contributed by atoms with van der Waals surface area (Å²) in [5, 5.41) is 3.34. The van der Waals surface area contributed by atoms with Crippen LogP contribution in [0, 0.1) is 0 Å². The lowest BCUT2D eigenvalue weighted by Gasteiger charge is -2.31. The van der Waals surface area contributed by atoms with Crippen molar-refractivity contribution in [3.8, 4) is 0 Å². The molecule has 2 heterocycles. The van der Waals surface area contributed by atoms with Gasteiger partial charge in [0.25, 0.3) is 10.0 Å². The smallest absolute Gasteiger partial charge is 0.326 e. The van der Waals surface area contributed by atoms with E-state index in [0.29, 0.717) is 17.9 Å². The van der Waals surface area contributed by atoms with Crippen molar-refractivity contribution in [3.05, 3.63) is 88.6 Å². The van der Waals surface area contributed by atoms with E-state index in [-0.39, 0.29) is 28.4 Å². The highest BCUT2D eigenvalue weighted by Crippen LogP contribution is 2.30. The van der Waals surface area contributed by atoms with Crippen LogP contribution in [0.5, 0.6) is 0 Å². The van der Waals surface area contributed by atoms with Gasteiger partial charge in [-0.3, -0.25) is 18.7 Å². The number of H-pyrrole nitrogens is 1. The predicted molar refractivity (Wildman–Crippen MR) is 142 cm³/mol. The van der Waals surface area contributed by atoms with Crippen LogP contribution in [-0.2, 0) is 14.8 Å². The van der Waals surface area contributed by atoms with Gasteiger partial charge in [0.15, 0.2) is 0 Å². The minimum atomic E-state index is -4.06. The van der Waals surface area contributed by atoms with E-state index in [1.54, 1.807) is 22.8 Å². The Labute approximate surface area is 219 Å². The molecule has 0 radical (unpaired) electrons. The van der Waals surface area contributed by atoms with Crippen molar-refractivity contribution in [1.82, 2.24) is 19.9 Å². The molecule has 2 N–H and O–H groups in total. The minimum absolute atomic E-state index is 0.0209. The Balaban J connectivity index is 1.29. The molecule has 4 aromatic rings. The molecule has 0 spiro atoms. The zero-order chi connectivity index (χ0) is 26.0. The number of halogens is 1. The number of benzene rings is 2. The van der Waals surface area contributed by atoms with E-state index in [1.807, 2.05) is 24.3 Å². The maximum absolute atomic E-state index is 13.4. The number of sulfonamides is 1. The third-order valence-corrected chi connectivity index (χ3v) is 8.65. The normalized spacial score (nSPS) is 18.0. The lowest BCUT2D eigenvalue weighted by Crippen LogP contribution is -2.45. The largest absolute Gasteiger partial charge is 0.352 e. The van der Waals surface area contributed by atoms with E-state index in [4.69, 9.17) is 11.6 Å². The van der Waals surface area contributed by atoms with Crippen LogP contribution in [0.15, 0.2) is 82.7 Å². The molecule has 0 unspecified atom stereocenters. The van der Waals surface area contributed by atoms with Crippen LogP contribution < -0.4 is 15.3 Å². The molecule has 0 bridgehead atoms. The quantitative estimate of drug-likeness (QED) is 0.370. The van der Waals surface area contributed by atoms with Gasteiger partial charge in [-0.1, -0.05) is 29.8 Å². The second kappa shape index (κ2) is 10.4. The van der Waals surface area contributed by atoms with Crippen molar-refractivity contribution in [2.24, 2.45) is 0 Å². The van der Waals surface area contributed by atoms with E-state index in [1.165, 1.54) is 30.6 Å². The Kier molecular flexibility index (Phi) is 7.03. The van der Waals surface area contributed by atoms with Gasteiger partial charge in [0.1, 0.15) is 11.4 Å². The highest BCUT2D eigenvalue weighted by Gasteiger charge is 2.30. The standard InChI is InChI=1S/C26H26ClN5O4S/c27-18-5-3-6-21(15-18)31(37(35,36)22-7-4-14-28-16-22)17-25(33)29-19-10-12-20(13-11-19)32-24-9-2-1-8-23(24)30-26(32)34/h1-9,14-16,19-20H,10-13,17H2,(H,29,33)(H,30,34). The molecule has 1 fully saturated rings. The fraction of sp³-hybridized carbons (Fsp3) is 0.269. The topological polar surface area (TPSA) is 117 Å². The minimum Gasteiger partial charge on any atom is -0.352 e. The summed E-state index contributed by atoms with van der Waals surface area (Å²) < 4.78 is 29.7. The van der Waals surface area contributed by atoms with Crippen molar-refractivity contribution in [3.63, 3.8) is 0 Å². The molecule has 0 saturated heterocycles. The summed E-state index contributed by atoms with van der Waals surface area (Å²) >= 11 is 6.12. The van der Waals surface area contributed by atoms with Gasteiger partial charge in [-0.05, 0) is 68.1 Å². The lowest BCUT2D eigenvalue weighted by atomic mass is 9.91. The number of hydrogen-bond donors (Lipinski definition) is 2. The van der Waals surface area contributed by atoms with Gasteiger partial charge in [0.05, 0.1) is 16.7 Å². The van der Waals surface area contributed by atoms with Gasteiger partial charge in [-0.25, -0.2) is 13.2 Å². The number of carbonyl (C=O) groups excluding carboxylic acids is 1. The summed E-state index contributed by atoms with van der Waals surface area (Å²) in [5.41, 5.74) is 1.83. The Morgan fingerprint density at radius 1 is 1.08 bits per heavy atom. The molecule has 5 rings (SSSR count). The number of aromatic nitrogens is 3. The van der Waals surface area contributed by atoms with Gasteiger partial charge < -0.3 is 10.3 Å². The number of fused-ring (bicyclic) bond motifs is 1. The number of carbonyl (C=O) groups is 1. The average Bonchev–Trinajstić information content (AvgIpc) is 3.24. The van der Waals surface area contributed by atoms with E-state index >= 15 is 0 Å². The van der Waals surface area contributed by atoms with Gasteiger partial charge in [-0.15, -0.1) is 0 Å². The SMILES string of the molecule is O=C(CN(c1cccc(Cl)c1)S(=O)(=O)c1cccnc1)NC1CCC(n2c(=O)[nH]c3ccccc32)CC1. The molecule has 1 amide bonds. The zero-order valence-electron chi connectivity index (χ0n) is 19.9. The fourth-order valence-electron chi connectivity index (χ4n) is 4.89. The molecule has 37 heavy (non-hydrogen) atoms. The van der Waals surface area contributed by atoms with Crippen molar-refractivity contribution in [2.75, 3.05) is 10.8 Å². The van der Waals surface area contributed by atoms with Crippen LogP contribution in [0.3, 0.4) is 0 Å². The monoisotopic (exact) mass is 539 g/mol. The Morgan fingerprint density at radius 2 is 1.86 bits per heavy atom. The average molecular weight is 540 g/mol. The number of imidazole rings is 1. The first-order valence-electron chi connectivity index (χ1n) is 12.0. The molecule has 1 aliphatic carbocycles. The van der Waals surface area contributed by atoms with Crippen LogP contribution in [0.2, 0.25) is 5.02 Å². The number of amides is 1. The van der Waals surface area contributed by atoms with Crippen LogP contribution in [-0.4, -0.2) is 41.4 Å². The summed E-state index contributed by atoms with van der Waals surface area (Å²) in [5.74, 6) is -0.417. The molecule has 0 aliphatic heterocycles. The maximum Gasteiger partial charge on any atom is 0.326 e. The fourth-order valence-corrected chi connectivity index (χ4v) is 6.45. The number of para-hydroxylation sites is 2. The molecule has 0 atom stereocenters. The first-order valence-corrected chi connectivity index (χ1v) is 13.8. The van der Waals surface area contributed by atoms with Crippen molar-refractivity contribution >= 4 is 44.3 Å². The van der Waals surface area contributed by atoms with Crippen molar-refractivity contribution in [1.29, 1.82) is 0 Å². The molecule has 11 heteroatoms. The van der Waals surface area contributed by atoms with E-state index in [9.17, 15) is 18.0 Å². The second-order valence-corrected chi connectivity index (χ2v) is 11.4. The maximum atomic E-state index is 13.4. The molecular weight excluding hydrogens is 514 g/mol. The van der Waals surface area contributed by atoms with Crippen molar-refractivity contribution < 1.29 is 13.2 Å². The van der Waals surface area contributed by atoms with Gasteiger partial charge in [-0.2, -0.15) is 0 Å². The summed E-state index contributed by atoms with van der Waals surface area (Å²) in [6.07, 6.45) is 5.52. The van der Waals surface area contributed by atoms with Gasteiger partial charge in [0.2, 0.25) is 5.91 Å². The molecule has 2 aromatic carbocycles. The number of rotatable bonds is 7. The highest BCUT2D eigenvalue weighted by atomic mass is 35.5. The second-order valence-electron chi connectivity index (χ2n) is 9.07. The van der Waals surface area contributed by atoms with Crippen LogP contribution in [0.4, 0.5) is 5.69 Å². The number of nitrogens with zero attached hydrogens (tertiary/aromatic N) is 3. The van der Waals surface area contributed by atoms with Crippen LogP contribution in [0.25, 0.3) is 11.0 Å². The molecule has 9 nitrogen and oxygen atoms in total. The predicted octanol–water partition coefficient (Wildman–Crippen LogP) is 3.87. The van der Waals surface area contributed by atoms with Crippen molar-refractivity contribution in [2.45, 2.75) is 42.7 Å². The molecule has 1 aliphatic rings. The van der Waals surface area contributed by atoms with E-state index in [2.05, 4.69) is 15.3 Å². The van der Waals surface area contributed by atoms with E-state index < -0.39 is 22.5 Å². The molecule has 2 aromatic heterocycles. The van der Waals surface area contributed by atoms with Gasteiger partial charge in [0, 0.05) is 29.5 Å². The third-order valence-electron chi connectivity index (χ3n) is 6.66. The lowest BCUT2D eigenvalue weighted by molar-refractivity contribution is -0.120. The summed E-state index contributed by atoms with van der Waals surface area (Å²) in [4.78, 5) is 32.4. The molecular formula is C26H26ClN5O4S. The molecule has 192 valence electrons. The third kappa shape index (κ3) is 5.26. The first-order chi connectivity index (χ1) is 17.8. The number of pyridine rings is 1. The number of nitrogens with one attached hydrogen (secondary N) is 2. The van der Waals surface area contributed by atoms with E-state index in [0.717, 1.165) is 28.2 Å². The van der Waals surface area contributed by atoms with Gasteiger partial charge >= 0.3 is 5.69 Å². The number of hydrogen-bond acceptors (Lipinski definition) is 5. The summed E-state index contributed by atoms with van der Waals surface area (Å²) in [6, 6.07) is 16.8. The molecule has 1 saturated carbocycles. The van der Waals surface area contributed by atoms with Crippen LogP contribution in [0.1, 0.15) is 31.7 Å².